The van der Waals surface area contributed by atoms with Crippen molar-refractivity contribution in [2.75, 3.05) is 0 Å². The first-order valence-electron chi connectivity index (χ1n) is 7.63. The predicted octanol–water partition coefficient (Wildman–Crippen LogP) is 3.90. The number of aromatic nitrogens is 1. The lowest BCUT2D eigenvalue weighted by molar-refractivity contribution is -0.385. The molecule has 0 N–H and O–H groups in total. The quantitative estimate of drug-likeness (QED) is 0.523. The monoisotopic (exact) mass is 359 g/mol. The third kappa shape index (κ3) is 3.20. The van der Waals surface area contributed by atoms with E-state index in [4.69, 9.17) is 0 Å². The topological polar surface area (TPSA) is 77.5 Å². The lowest BCUT2D eigenvalue weighted by atomic mass is 10.2. The number of nitro benzene ring substituents is 1. The SMILES string of the molecule is CCCn1c(=NC(=O)c2ccccc2[N+](=O)[O-])sc2cccc(F)c21. The van der Waals surface area contributed by atoms with Gasteiger partial charge >= 0.3 is 0 Å². The summed E-state index contributed by atoms with van der Waals surface area (Å²) in [6.45, 7) is 2.43. The van der Waals surface area contributed by atoms with Crippen LogP contribution in [0.3, 0.4) is 0 Å². The summed E-state index contributed by atoms with van der Waals surface area (Å²) < 4.78 is 16.5. The summed E-state index contributed by atoms with van der Waals surface area (Å²) in [5.41, 5.74) is 0.00233. The zero-order valence-corrected chi connectivity index (χ0v) is 14.1. The van der Waals surface area contributed by atoms with Crippen LogP contribution in [0.4, 0.5) is 10.1 Å². The lowest BCUT2D eigenvalue weighted by Crippen LogP contribution is -2.17. The van der Waals surface area contributed by atoms with Crippen LogP contribution in [0.1, 0.15) is 23.7 Å². The Morgan fingerprint density at radius 2 is 2.04 bits per heavy atom. The van der Waals surface area contributed by atoms with Crippen molar-refractivity contribution < 1.29 is 14.1 Å². The van der Waals surface area contributed by atoms with Gasteiger partial charge in [0.05, 0.1) is 15.1 Å². The number of nitro groups is 1. The molecule has 0 aliphatic heterocycles. The third-order valence-electron chi connectivity index (χ3n) is 3.63. The first kappa shape index (κ1) is 17.0. The number of amides is 1. The number of fused-ring (bicyclic) bond motifs is 1. The zero-order chi connectivity index (χ0) is 18.0. The minimum atomic E-state index is -0.718. The number of nitrogens with zero attached hydrogens (tertiary/aromatic N) is 3. The fourth-order valence-corrected chi connectivity index (χ4v) is 3.63. The molecule has 2 aromatic carbocycles. The summed E-state index contributed by atoms with van der Waals surface area (Å²) in [7, 11) is 0. The summed E-state index contributed by atoms with van der Waals surface area (Å²) in [6.07, 6.45) is 0.729. The van der Waals surface area contributed by atoms with Crippen molar-refractivity contribution in [3.63, 3.8) is 0 Å². The molecule has 0 spiro atoms. The molecule has 1 amide bonds. The van der Waals surface area contributed by atoms with Crippen molar-refractivity contribution in [3.8, 4) is 0 Å². The maximum Gasteiger partial charge on any atom is 0.286 e. The average molecular weight is 359 g/mol. The highest BCUT2D eigenvalue weighted by molar-refractivity contribution is 7.16. The summed E-state index contributed by atoms with van der Waals surface area (Å²) in [5.74, 6) is -1.11. The fourth-order valence-electron chi connectivity index (χ4n) is 2.56. The fraction of sp³-hybridized carbons (Fsp3) is 0.176. The first-order valence-corrected chi connectivity index (χ1v) is 8.45. The van der Waals surface area contributed by atoms with E-state index in [1.165, 1.54) is 35.6 Å². The number of rotatable bonds is 4. The van der Waals surface area contributed by atoms with Crippen LogP contribution in [0.25, 0.3) is 10.2 Å². The van der Waals surface area contributed by atoms with Gasteiger partial charge in [0.1, 0.15) is 11.4 Å². The number of aryl methyl sites for hydroxylation is 1. The molecule has 0 saturated heterocycles. The van der Waals surface area contributed by atoms with E-state index in [-0.39, 0.29) is 17.1 Å². The maximum atomic E-state index is 14.2. The van der Waals surface area contributed by atoms with Crippen molar-refractivity contribution in [2.45, 2.75) is 19.9 Å². The Morgan fingerprint density at radius 1 is 1.28 bits per heavy atom. The molecule has 25 heavy (non-hydrogen) atoms. The predicted molar refractivity (Wildman–Crippen MR) is 93.1 cm³/mol. The van der Waals surface area contributed by atoms with Gasteiger partial charge in [-0.25, -0.2) is 4.39 Å². The van der Waals surface area contributed by atoms with E-state index in [2.05, 4.69) is 4.99 Å². The van der Waals surface area contributed by atoms with Gasteiger partial charge in [-0.05, 0) is 24.6 Å². The molecule has 3 aromatic rings. The second kappa shape index (κ2) is 6.94. The molecule has 0 unspecified atom stereocenters. The highest BCUT2D eigenvalue weighted by atomic mass is 32.1. The van der Waals surface area contributed by atoms with Crippen molar-refractivity contribution in [2.24, 2.45) is 4.99 Å². The minimum absolute atomic E-state index is 0.0894. The molecule has 1 heterocycles. The van der Waals surface area contributed by atoms with E-state index in [1.807, 2.05) is 6.92 Å². The third-order valence-corrected chi connectivity index (χ3v) is 4.67. The number of para-hydroxylation sites is 2. The van der Waals surface area contributed by atoms with Crippen LogP contribution in [0.15, 0.2) is 47.5 Å². The van der Waals surface area contributed by atoms with Crippen molar-refractivity contribution in [1.29, 1.82) is 0 Å². The van der Waals surface area contributed by atoms with Gasteiger partial charge in [0.25, 0.3) is 11.6 Å². The molecule has 0 radical (unpaired) electrons. The molecule has 0 fully saturated rings. The van der Waals surface area contributed by atoms with E-state index in [0.29, 0.717) is 21.6 Å². The number of hydrogen-bond acceptors (Lipinski definition) is 4. The molecular formula is C17H14FN3O3S. The van der Waals surface area contributed by atoms with E-state index in [9.17, 15) is 19.3 Å². The number of carbonyl (C=O) groups is 1. The van der Waals surface area contributed by atoms with E-state index in [1.54, 1.807) is 22.8 Å². The van der Waals surface area contributed by atoms with Gasteiger partial charge in [0, 0.05) is 12.6 Å². The van der Waals surface area contributed by atoms with Gasteiger partial charge < -0.3 is 4.57 Å². The minimum Gasteiger partial charge on any atom is -0.314 e. The van der Waals surface area contributed by atoms with Gasteiger partial charge in [-0.15, -0.1) is 0 Å². The second-order valence-electron chi connectivity index (χ2n) is 5.31. The van der Waals surface area contributed by atoms with E-state index < -0.39 is 10.8 Å². The van der Waals surface area contributed by atoms with Crippen LogP contribution >= 0.6 is 11.3 Å². The van der Waals surface area contributed by atoms with Gasteiger partial charge in [-0.2, -0.15) is 4.99 Å². The summed E-state index contributed by atoms with van der Waals surface area (Å²) in [5, 5.41) is 11.1. The van der Waals surface area contributed by atoms with Gasteiger partial charge in [0.15, 0.2) is 4.80 Å². The molecule has 8 heteroatoms. The van der Waals surface area contributed by atoms with Crippen LogP contribution in [-0.4, -0.2) is 15.4 Å². The van der Waals surface area contributed by atoms with Crippen LogP contribution in [-0.2, 0) is 6.54 Å². The van der Waals surface area contributed by atoms with Crippen LogP contribution in [0, 0.1) is 15.9 Å². The Bertz CT molecular complexity index is 1040. The molecular weight excluding hydrogens is 345 g/mol. The van der Waals surface area contributed by atoms with Crippen LogP contribution < -0.4 is 4.80 Å². The second-order valence-corrected chi connectivity index (χ2v) is 6.32. The molecule has 0 bridgehead atoms. The van der Waals surface area contributed by atoms with Gasteiger partial charge in [0.2, 0.25) is 0 Å². The maximum absolute atomic E-state index is 14.2. The van der Waals surface area contributed by atoms with Gasteiger partial charge in [-0.3, -0.25) is 14.9 Å². The number of thiazole rings is 1. The highest BCUT2D eigenvalue weighted by Crippen LogP contribution is 2.22. The Balaban J connectivity index is 2.19. The molecule has 1 aromatic heterocycles. The number of carbonyl (C=O) groups excluding carboxylic acids is 1. The van der Waals surface area contributed by atoms with Crippen LogP contribution in [0.2, 0.25) is 0 Å². The van der Waals surface area contributed by atoms with Crippen molar-refractivity contribution in [3.05, 3.63) is 68.8 Å². The summed E-state index contributed by atoms with van der Waals surface area (Å²) in [4.78, 5) is 27.3. The molecule has 3 rings (SSSR count). The Kier molecular flexibility index (Phi) is 4.71. The smallest absolute Gasteiger partial charge is 0.286 e. The molecule has 6 nitrogen and oxygen atoms in total. The normalized spacial score (nSPS) is 11.8. The molecule has 128 valence electrons. The number of hydrogen-bond donors (Lipinski definition) is 0. The van der Waals surface area contributed by atoms with Crippen LogP contribution in [0.5, 0.6) is 0 Å². The Morgan fingerprint density at radius 3 is 2.76 bits per heavy atom. The number of halogens is 1. The molecule has 0 atom stereocenters. The average Bonchev–Trinajstić information content (AvgIpc) is 2.94. The lowest BCUT2D eigenvalue weighted by Gasteiger charge is -2.03. The summed E-state index contributed by atoms with van der Waals surface area (Å²) >= 11 is 1.18. The zero-order valence-electron chi connectivity index (χ0n) is 13.3. The Labute approximate surface area is 146 Å². The van der Waals surface area contributed by atoms with E-state index in [0.717, 1.165) is 6.42 Å². The van der Waals surface area contributed by atoms with Crippen molar-refractivity contribution in [1.82, 2.24) is 4.57 Å². The number of benzene rings is 2. The highest BCUT2D eigenvalue weighted by Gasteiger charge is 2.19. The summed E-state index contributed by atoms with van der Waals surface area (Å²) in [6, 6.07) is 10.4. The standard InChI is InChI=1S/C17H14FN3O3S/c1-2-10-20-15-12(18)7-5-9-14(15)25-17(20)19-16(22)11-6-3-4-8-13(11)21(23)24/h3-9H,2,10H2,1H3. The largest absolute Gasteiger partial charge is 0.314 e. The molecule has 0 aliphatic carbocycles. The molecule has 0 saturated carbocycles. The first-order chi connectivity index (χ1) is 12.0. The Hall–Kier alpha value is -2.87. The van der Waals surface area contributed by atoms with Crippen molar-refractivity contribution >= 4 is 33.1 Å². The molecule has 0 aliphatic rings. The van der Waals surface area contributed by atoms with E-state index >= 15 is 0 Å². The van der Waals surface area contributed by atoms with Gasteiger partial charge in [-0.1, -0.05) is 36.5 Å².